The number of aromatic nitrogens is 2. The summed E-state index contributed by atoms with van der Waals surface area (Å²) < 4.78 is 0. The summed E-state index contributed by atoms with van der Waals surface area (Å²) in [4.78, 5) is 21.4. The second kappa shape index (κ2) is 6.60. The topological polar surface area (TPSA) is 84.2 Å². The molecule has 0 unspecified atom stereocenters. The molecule has 0 bridgehead atoms. The highest BCUT2D eigenvalue weighted by atomic mass is 16.6. The van der Waals surface area contributed by atoms with Gasteiger partial charge in [-0.25, -0.2) is 9.97 Å². The molecule has 2 heterocycles. The molecule has 0 radical (unpaired) electrons. The van der Waals surface area contributed by atoms with Crippen LogP contribution >= 0.6 is 0 Å². The Hall–Kier alpha value is -2.70. The first-order valence-corrected chi connectivity index (χ1v) is 7.81. The minimum Gasteiger partial charge on any atom is -0.364 e. The third kappa shape index (κ3) is 2.94. The Balaban J connectivity index is 2.08. The Labute approximate surface area is 134 Å². The first-order valence-electron chi connectivity index (χ1n) is 7.81. The average Bonchev–Trinajstić information content (AvgIpc) is 2.59. The van der Waals surface area contributed by atoms with E-state index < -0.39 is 4.92 Å². The summed E-state index contributed by atoms with van der Waals surface area (Å²) >= 11 is 0. The molecule has 7 heteroatoms. The number of fused-ring (bicyclic) bond motifs is 1. The quantitative estimate of drug-likeness (QED) is 0.673. The largest absolute Gasteiger partial charge is 0.364 e. The number of rotatable bonds is 5. The molecule has 0 spiro atoms. The third-order valence-electron chi connectivity index (χ3n) is 3.89. The Morgan fingerprint density at radius 2 is 2.17 bits per heavy atom. The zero-order valence-electron chi connectivity index (χ0n) is 13.0. The van der Waals surface area contributed by atoms with Gasteiger partial charge in [0.1, 0.15) is 6.33 Å². The van der Waals surface area contributed by atoms with Crippen LogP contribution < -0.4 is 10.2 Å². The lowest BCUT2D eigenvalue weighted by Gasteiger charge is -2.30. The number of hydrogen-bond acceptors (Lipinski definition) is 6. The highest BCUT2D eigenvalue weighted by Gasteiger charge is 2.29. The molecule has 0 saturated carbocycles. The maximum atomic E-state index is 11.6. The minimum atomic E-state index is -0.398. The van der Waals surface area contributed by atoms with E-state index in [4.69, 9.17) is 0 Å². The van der Waals surface area contributed by atoms with Crippen LogP contribution in [0.1, 0.15) is 25.3 Å². The number of anilines is 3. The van der Waals surface area contributed by atoms with E-state index in [1.165, 1.54) is 11.9 Å². The number of hydrogen-bond donors (Lipinski definition) is 1. The van der Waals surface area contributed by atoms with Crippen LogP contribution in [0, 0.1) is 10.1 Å². The van der Waals surface area contributed by atoms with Crippen molar-refractivity contribution >= 4 is 23.0 Å². The van der Waals surface area contributed by atoms with Crippen molar-refractivity contribution in [3.8, 4) is 0 Å². The van der Waals surface area contributed by atoms with Crippen LogP contribution in [0.15, 0.2) is 30.6 Å². The fourth-order valence-corrected chi connectivity index (χ4v) is 2.86. The average molecular weight is 313 g/mol. The zero-order valence-corrected chi connectivity index (χ0v) is 13.0. The van der Waals surface area contributed by atoms with Crippen LogP contribution in [-0.4, -0.2) is 28.0 Å². The van der Waals surface area contributed by atoms with Crippen molar-refractivity contribution < 1.29 is 4.92 Å². The molecule has 23 heavy (non-hydrogen) atoms. The fraction of sp³-hybridized carbons (Fsp3) is 0.375. The van der Waals surface area contributed by atoms with Crippen molar-refractivity contribution in [3.05, 3.63) is 46.3 Å². The molecule has 1 aliphatic rings. The molecule has 0 aliphatic carbocycles. The van der Waals surface area contributed by atoms with E-state index in [1.54, 1.807) is 0 Å². The van der Waals surface area contributed by atoms with E-state index >= 15 is 0 Å². The lowest BCUT2D eigenvalue weighted by atomic mass is 10.0. The maximum absolute atomic E-state index is 11.6. The van der Waals surface area contributed by atoms with Crippen molar-refractivity contribution in [1.29, 1.82) is 0 Å². The molecule has 3 rings (SSSR count). The van der Waals surface area contributed by atoms with E-state index in [1.807, 2.05) is 30.0 Å². The second-order valence-electron chi connectivity index (χ2n) is 5.46. The fourth-order valence-electron chi connectivity index (χ4n) is 2.86. The first kappa shape index (κ1) is 15.2. The molecule has 1 aromatic heterocycles. The van der Waals surface area contributed by atoms with Gasteiger partial charge in [-0.2, -0.15) is 0 Å². The Bertz CT molecular complexity index is 719. The van der Waals surface area contributed by atoms with Gasteiger partial charge in [-0.05, 0) is 30.9 Å². The summed E-state index contributed by atoms with van der Waals surface area (Å²) in [6, 6.07) is 7.98. The number of nitrogens with one attached hydrogen (secondary N) is 1. The van der Waals surface area contributed by atoms with Gasteiger partial charge in [-0.3, -0.25) is 10.1 Å². The molecule has 120 valence electrons. The van der Waals surface area contributed by atoms with E-state index in [9.17, 15) is 10.1 Å². The summed E-state index contributed by atoms with van der Waals surface area (Å²) in [5.41, 5.74) is 2.12. The van der Waals surface area contributed by atoms with Gasteiger partial charge in [0.15, 0.2) is 0 Å². The molecule has 1 aliphatic heterocycles. The van der Waals surface area contributed by atoms with Crippen molar-refractivity contribution in [2.75, 3.05) is 23.3 Å². The lowest BCUT2D eigenvalue weighted by molar-refractivity contribution is -0.383. The maximum Gasteiger partial charge on any atom is 0.353 e. The normalized spacial score (nSPS) is 13.5. The standard InChI is InChI=1S/C16H19N5O2/c1-2-9-17-15-14(21(22)23)16(19-11-18-15)20-10-5-7-12-6-3-4-8-13(12)20/h3-4,6,8,11H,2,5,7,9-10H2,1H3,(H,17,18,19). The van der Waals surface area contributed by atoms with E-state index in [-0.39, 0.29) is 11.5 Å². The van der Waals surface area contributed by atoms with E-state index in [0.29, 0.717) is 18.9 Å². The molecule has 1 aromatic carbocycles. The molecule has 0 amide bonds. The molecular formula is C16H19N5O2. The predicted octanol–water partition coefficient (Wildman–Crippen LogP) is 3.29. The highest BCUT2D eigenvalue weighted by Crippen LogP contribution is 2.39. The summed E-state index contributed by atoms with van der Waals surface area (Å²) in [5, 5.41) is 14.6. The molecule has 0 fully saturated rings. The second-order valence-corrected chi connectivity index (χ2v) is 5.46. The van der Waals surface area contributed by atoms with E-state index in [2.05, 4.69) is 21.4 Å². The molecule has 0 atom stereocenters. The predicted molar refractivity (Wildman–Crippen MR) is 89.2 cm³/mol. The lowest BCUT2D eigenvalue weighted by Crippen LogP contribution is -2.26. The van der Waals surface area contributed by atoms with Crippen molar-refractivity contribution in [3.63, 3.8) is 0 Å². The summed E-state index contributed by atoms with van der Waals surface area (Å²) in [7, 11) is 0. The van der Waals surface area contributed by atoms with Crippen LogP contribution in [0.2, 0.25) is 0 Å². The number of aryl methyl sites for hydroxylation is 1. The summed E-state index contributed by atoms with van der Waals surface area (Å²) in [6.07, 6.45) is 4.17. The van der Waals surface area contributed by atoms with Gasteiger partial charge < -0.3 is 10.2 Å². The molecule has 0 saturated heterocycles. The van der Waals surface area contributed by atoms with Crippen molar-refractivity contribution in [2.24, 2.45) is 0 Å². The van der Waals surface area contributed by atoms with Crippen LogP contribution in [-0.2, 0) is 6.42 Å². The van der Waals surface area contributed by atoms with Crippen LogP contribution in [0.3, 0.4) is 0 Å². The summed E-state index contributed by atoms with van der Waals surface area (Å²) in [6.45, 7) is 3.35. The van der Waals surface area contributed by atoms with Crippen molar-refractivity contribution in [2.45, 2.75) is 26.2 Å². The van der Waals surface area contributed by atoms with Gasteiger partial charge >= 0.3 is 5.69 Å². The van der Waals surface area contributed by atoms with Gasteiger partial charge in [0.05, 0.1) is 4.92 Å². The van der Waals surface area contributed by atoms with Gasteiger partial charge in [0.25, 0.3) is 0 Å². The summed E-state index contributed by atoms with van der Waals surface area (Å²) in [5.74, 6) is 0.639. The highest BCUT2D eigenvalue weighted by molar-refractivity contribution is 5.77. The van der Waals surface area contributed by atoms with Crippen LogP contribution in [0.5, 0.6) is 0 Å². The van der Waals surface area contributed by atoms with Crippen molar-refractivity contribution in [1.82, 2.24) is 9.97 Å². The Kier molecular flexibility index (Phi) is 4.36. The first-order chi connectivity index (χ1) is 11.2. The number of para-hydroxylation sites is 1. The van der Waals surface area contributed by atoms with Crippen LogP contribution in [0.25, 0.3) is 0 Å². The van der Waals surface area contributed by atoms with Gasteiger partial charge in [0, 0.05) is 18.8 Å². The Morgan fingerprint density at radius 1 is 1.35 bits per heavy atom. The number of benzene rings is 1. The number of nitro groups is 1. The molecule has 7 nitrogen and oxygen atoms in total. The third-order valence-corrected chi connectivity index (χ3v) is 3.89. The van der Waals surface area contributed by atoms with E-state index in [0.717, 1.165) is 24.9 Å². The molecular weight excluding hydrogens is 294 g/mol. The van der Waals surface area contributed by atoms with Crippen LogP contribution in [0.4, 0.5) is 23.0 Å². The van der Waals surface area contributed by atoms with Gasteiger partial charge in [0.2, 0.25) is 11.6 Å². The SMILES string of the molecule is CCCNc1ncnc(N2CCCc3ccccc32)c1[N+](=O)[O-]. The Morgan fingerprint density at radius 3 is 2.96 bits per heavy atom. The monoisotopic (exact) mass is 313 g/mol. The minimum absolute atomic E-state index is 0.0577. The zero-order chi connectivity index (χ0) is 16.2. The molecule has 2 aromatic rings. The number of nitrogens with zero attached hydrogens (tertiary/aromatic N) is 4. The van der Waals surface area contributed by atoms with Gasteiger partial charge in [-0.1, -0.05) is 25.1 Å². The van der Waals surface area contributed by atoms with Gasteiger partial charge in [-0.15, -0.1) is 0 Å². The smallest absolute Gasteiger partial charge is 0.353 e. The molecule has 1 N–H and O–H groups in total.